The first-order valence-corrected chi connectivity index (χ1v) is 6.39. The summed E-state index contributed by atoms with van der Waals surface area (Å²) in [4.78, 5) is 13.8. The second-order valence-electron chi connectivity index (χ2n) is 4.91. The molecule has 2 unspecified atom stereocenters. The zero-order chi connectivity index (χ0) is 13.4. The van der Waals surface area contributed by atoms with Crippen LogP contribution in [0.4, 0.5) is 11.4 Å². The standard InChI is InChI=1S/C13H17N3O3/c1-18-11-4-2-3-8(11)15-9-6-10-12(5-7(9)14)19-13(17)16-10/h5-6,8,11,15H,2-4,14H2,1H3,(H,16,17). The monoisotopic (exact) mass is 263 g/mol. The van der Waals surface area contributed by atoms with Crippen molar-refractivity contribution < 1.29 is 9.15 Å². The van der Waals surface area contributed by atoms with Gasteiger partial charge in [0, 0.05) is 13.2 Å². The van der Waals surface area contributed by atoms with Crippen LogP contribution in [-0.2, 0) is 4.74 Å². The van der Waals surface area contributed by atoms with Gasteiger partial charge < -0.3 is 20.2 Å². The number of nitrogens with two attached hydrogens (primary N) is 1. The third kappa shape index (κ3) is 2.19. The van der Waals surface area contributed by atoms with Crippen LogP contribution in [-0.4, -0.2) is 24.2 Å². The van der Waals surface area contributed by atoms with Gasteiger partial charge in [-0.2, -0.15) is 0 Å². The van der Waals surface area contributed by atoms with Crippen LogP contribution in [0.25, 0.3) is 11.1 Å². The topological polar surface area (TPSA) is 93.3 Å². The minimum absolute atomic E-state index is 0.207. The van der Waals surface area contributed by atoms with E-state index in [-0.39, 0.29) is 12.1 Å². The largest absolute Gasteiger partial charge is 0.417 e. The van der Waals surface area contributed by atoms with Crippen LogP contribution in [0, 0.1) is 0 Å². The van der Waals surface area contributed by atoms with Gasteiger partial charge in [-0.15, -0.1) is 0 Å². The molecule has 1 aliphatic carbocycles. The normalized spacial score (nSPS) is 23.0. The molecule has 1 aromatic carbocycles. The van der Waals surface area contributed by atoms with E-state index in [1.807, 2.05) is 0 Å². The lowest BCUT2D eigenvalue weighted by molar-refractivity contribution is 0.101. The molecule has 1 aliphatic rings. The third-order valence-electron chi connectivity index (χ3n) is 3.69. The lowest BCUT2D eigenvalue weighted by atomic mass is 10.1. The van der Waals surface area contributed by atoms with Crippen molar-refractivity contribution in [3.05, 3.63) is 22.7 Å². The molecular formula is C13H17N3O3. The highest BCUT2D eigenvalue weighted by atomic mass is 16.5. The fourth-order valence-corrected chi connectivity index (χ4v) is 2.71. The van der Waals surface area contributed by atoms with Gasteiger partial charge in [0.15, 0.2) is 5.58 Å². The fourth-order valence-electron chi connectivity index (χ4n) is 2.71. The van der Waals surface area contributed by atoms with Gasteiger partial charge in [-0.05, 0) is 25.3 Å². The molecule has 0 spiro atoms. The van der Waals surface area contributed by atoms with E-state index in [2.05, 4.69) is 10.3 Å². The number of rotatable bonds is 3. The lowest BCUT2D eigenvalue weighted by Crippen LogP contribution is -2.30. The van der Waals surface area contributed by atoms with Crippen LogP contribution in [0.2, 0.25) is 0 Å². The summed E-state index contributed by atoms with van der Waals surface area (Å²) in [6.45, 7) is 0. The third-order valence-corrected chi connectivity index (χ3v) is 3.69. The van der Waals surface area contributed by atoms with Crippen LogP contribution < -0.4 is 16.8 Å². The van der Waals surface area contributed by atoms with Gasteiger partial charge in [0.25, 0.3) is 0 Å². The molecule has 2 aromatic rings. The molecule has 1 heterocycles. The van der Waals surface area contributed by atoms with Gasteiger partial charge in [0.05, 0.1) is 29.0 Å². The number of anilines is 2. The van der Waals surface area contributed by atoms with Gasteiger partial charge in [0.1, 0.15) is 0 Å². The molecule has 6 heteroatoms. The predicted octanol–water partition coefficient (Wildman–Crippen LogP) is 1.68. The van der Waals surface area contributed by atoms with Crippen LogP contribution >= 0.6 is 0 Å². The van der Waals surface area contributed by atoms with Crippen LogP contribution in [0.1, 0.15) is 19.3 Å². The van der Waals surface area contributed by atoms with E-state index >= 15 is 0 Å². The zero-order valence-corrected chi connectivity index (χ0v) is 10.7. The number of benzene rings is 1. The summed E-state index contributed by atoms with van der Waals surface area (Å²) in [7, 11) is 1.73. The summed E-state index contributed by atoms with van der Waals surface area (Å²) in [5.41, 5.74) is 8.47. The Bertz CT molecular complexity index is 646. The zero-order valence-electron chi connectivity index (χ0n) is 10.7. The van der Waals surface area contributed by atoms with Crippen LogP contribution in [0.3, 0.4) is 0 Å². The Morgan fingerprint density at radius 3 is 3.11 bits per heavy atom. The van der Waals surface area contributed by atoms with Crippen molar-refractivity contribution in [2.24, 2.45) is 0 Å². The first kappa shape index (κ1) is 12.1. The molecule has 0 radical (unpaired) electrons. The van der Waals surface area contributed by atoms with Gasteiger partial charge in [-0.1, -0.05) is 0 Å². The van der Waals surface area contributed by atoms with Gasteiger partial charge >= 0.3 is 5.76 Å². The Labute approximate surface area is 109 Å². The molecule has 6 nitrogen and oxygen atoms in total. The number of nitrogen functional groups attached to an aromatic ring is 1. The molecule has 102 valence electrons. The van der Waals surface area contributed by atoms with Crippen molar-refractivity contribution in [1.29, 1.82) is 0 Å². The number of hydrogen-bond donors (Lipinski definition) is 3. The number of aromatic amines is 1. The Morgan fingerprint density at radius 2 is 2.32 bits per heavy atom. The van der Waals surface area contributed by atoms with Crippen molar-refractivity contribution in [2.45, 2.75) is 31.4 Å². The number of oxazole rings is 1. The Kier molecular flexibility index (Phi) is 2.94. The number of hydrogen-bond acceptors (Lipinski definition) is 5. The number of nitrogens with one attached hydrogen (secondary N) is 2. The second-order valence-corrected chi connectivity index (χ2v) is 4.91. The Morgan fingerprint density at radius 1 is 1.47 bits per heavy atom. The van der Waals surface area contributed by atoms with Crippen molar-refractivity contribution in [3.8, 4) is 0 Å². The SMILES string of the molecule is COC1CCCC1Nc1cc2[nH]c(=O)oc2cc1N. The molecule has 2 atom stereocenters. The molecule has 0 bridgehead atoms. The molecule has 3 rings (SSSR count). The highest BCUT2D eigenvalue weighted by Gasteiger charge is 2.27. The summed E-state index contributed by atoms with van der Waals surface area (Å²) in [6, 6.07) is 3.72. The van der Waals surface area contributed by atoms with Crippen molar-refractivity contribution in [3.63, 3.8) is 0 Å². The van der Waals surface area contributed by atoms with E-state index in [0.29, 0.717) is 16.8 Å². The molecule has 0 aliphatic heterocycles. The molecule has 1 aromatic heterocycles. The molecule has 4 N–H and O–H groups in total. The summed E-state index contributed by atoms with van der Waals surface area (Å²) in [5, 5.41) is 3.40. The summed E-state index contributed by atoms with van der Waals surface area (Å²) in [6.07, 6.45) is 3.45. The number of ether oxygens (including phenoxy) is 1. The molecule has 1 fully saturated rings. The Hall–Kier alpha value is -1.95. The highest BCUT2D eigenvalue weighted by Crippen LogP contribution is 2.29. The fraction of sp³-hybridized carbons (Fsp3) is 0.462. The average molecular weight is 263 g/mol. The number of fused-ring (bicyclic) bond motifs is 1. The minimum Gasteiger partial charge on any atom is -0.408 e. The average Bonchev–Trinajstić information content (AvgIpc) is 2.95. The molecule has 0 amide bonds. The number of aromatic nitrogens is 1. The predicted molar refractivity (Wildman–Crippen MR) is 73.3 cm³/mol. The second kappa shape index (κ2) is 4.62. The Balaban J connectivity index is 1.91. The van der Waals surface area contributed by atoms with E-state index in [1.165, 1.54) is 0 Å². The van der Waals surface area contributed by atoms with E-state index < -0.39 is 5.76 Å². The first-order chi connectivity index (χ1) is 9.17. The summed E-state index contributed by atoms with van der Waals surface area (Å²) < 4.78 is 10.4. The lowest BCUT2D eigenvalue weighted by Gasteiger charge is -2.21. The quantitative estimate of drug-likeness (QED) is 0.733. The van der Waals surface area contributed by atoms with Gasteiger partial charge in [-0.3, -0.25) is 4.98 Å². The van der Waals surface area contributed by atoms with E-state index in [9.17, 15) is 4.79 Å². The first-order valence-electron chi connectivity index (χ1n) is 6.39. The van der Waals surface area contributed by atoms with Crippen LogP contribution in [0.15, 0.2) is 21.3 Å². The summed E-state index contributed by atoms with van der Waals surface area (Å²) in [5.74, 6) is -0.470. The number of methoxy groups -OCH3 is 1. The van der Waals surface area contributed by atoms with E-state index in [4.69, 9.17) is 14.9 Å². The molecular weight excluding hydrogens is 246 g/mol. The maximum absolute atomic E-state index is 11.2. The highest BCUT2D eigenvalue weighted by molar-refractivity contribution is 5.85. The van der Waals surface area contributed by atoms with Gasteiger partial charge in [-0.25, -0.2) is 4.79 Å². The van der Waals surface area contributed by atoms with E-state index in [0.717, 1.165) is 24.9 Å². The van der Waals surface area contributed by atoms with Crippen molar-refractivity contribution in [1.82, 2.24) is 4.98 Å². The van der Waals surface area contributed by atoms with Crippen LogP contribution in [0.5, 0.6) is 0 Å². The van der Waals surface area contributed by atoms with E-state index in [1.54, 1.807) is 19.2 Å². The smallest absolute Gasteiger partial charge is 0.408 e. The number of H-pyrrole nitrogens is 1. The minimum atomic E-state index is -0.470. The molecule has 1 saturated carbocycles. The molecule has 19 heavy (non-hydrogen) atoms. The maximum atomic E-state index is 11.2. The van der Waals surface area contributed by atoms with Crippen molar-refractivity contribution >= 4 is 22.5 Å². The van der Waals surface area contributed by atoms with Gasteiger partial charge in [0.2, 0.25) is 0 Å². The van der Waals surface area contributed by atoms with Crippen molar-refractivity contribution in [2.75, 3.05) is 18.2 Å². The summed E-state index contributed by atoms with van der Waals surface area (Å²) >= 11 is 0. The maximum Gasteiger partial charge on any atom is 0.417 e. The molecule has 0 saturated heterocycles.